The fraction of sp³-hybridized carbons (Fsp3) is 0.286. The molecule has 0 aromatic heterocycles. The van der Waals surface area contributed by atoms with E-state index in [1.165, 1.54) is 18.2 Å². The Morgan fingerprint density at radius 2 is 1.57 bits per heavy atom. The van der Waals surface area contributed by atoms with Gasteiger partial charge in [0.1, 0.15) is 5.82 Å². The maximum absolute atomic E-state index is 13.4. The molecule has 190 valence electrons. The van der Waals surface area contributed by atoms with Gasteiger partial charge in [0, 0.05) is 55.2 Å². The van der Waals surface area contributed by atoms with Gasteiger partial charge in [0.25, 0.3) is 11.8 Å². The highest BCUT2D eigenvalue weighted by molar-refractivity contribution is 5.97. The van der Waals surface area contributed by atoms with Gasteiger partial charge in [-0.15, -0.1) is 0 Å². The lowest BCUT2D eigenvalue weighted by Crippen LogP contribution is -2.35. The highest BCUT2D eigenvalue weighted by Gasteiger charge is 2.43. The molecule has 5 rings (SSSR count). The molecule has 37 heavy (non-hydrogen) atoms. The number of nitrogens with zero attached hydrogens (tertiary/aromatic N) is 3. The third kappa shape index (κ3) is 4.89. The average Bonchev–Trinajstić information content (AvgIpc) is 3.43. The molecule has 2 amide bonds. The molecule has 1 N–H and O–H groups in total. The van der Waals surface area contributed by atoms with E-state index in [9.17, 15) is 29.2 Å². The first kappa shape index (κ1) is 24.4. The first-order chi connectivity index (χ1) is 17.7. The lowest BCUT2D eigenvalue weighted by molar-refractivity contribution is -0.385. The summed E-state index contributed by atoms with van der Waals surface area (Å²) in [5, 5.41) is 21.0. The van der Waals surface area contributed by atoms with Crippen molar-refractivity contribution in [2.45, 2.75) is 13.3 Å². The van der Waals surface area contributed by atoms with E-state index >= 15 is 0 Å². The second kappa shape index (κ2) is 9.65. The fourth-order valence-corrected chi connectivity index (χ4v) is 5.38. The molecule has 2 atom stereocenters. The number of aryl methyl sites for hydroxylation is 1. The number of hydrogen-bond donors (Lipinski definition) is 1. The van der Waals surface area contributed by atoms with E-state index in [1.54, 1.807) is 30.0 Å². The number of phenols is 1. The predicted octanol–water partition coefficient (Wildman–Crippen LogP) is 4.18. The summed E-state index contributed by atoms with van der Waals surface area (Å²) in [6.07, 6.45) is 0.577. The Morgan fingerprint density at radius 1 is 0.946 bits per heavy atom. The molecule has 2 saturated heterocycles. The SMILES string of the molecule is Cc1cc(O)c([N+](=O)[O-])cc1C(=O)N1C[C@H]2CN(C(=O)c3ccc(Cc4cccc(F)c4)cc3)C[C@H]2C1. The van der Waals surface area contributed by atoms with E-state index in [-0.39, 0.29) is 35.0 Å². The molecule has 3 aromatic carbocycles. The highest BCUT2D eigenvalue weighted by Crippen LogP contribution is 2.35. The summed E-state index contributed by atoms with van der Waals surface area (Å²) in [6.45, 7) is 3.64. The van der Waals surface area contributed by atoms with E-state index in [1.807, 2.05) is 23.1 Å². The Balaban J connectivity index is 1.21. The minimum absolute atomic E-state index is 0.0606. The molecule has 0 spiro atoms. The smallest absolute Gasteiger partial charge is 0.311 e. The van der Waals surface area contributed by atoms with Gasteiger partial charge in [-0.25, -0.2) is 4.39 Å². The van der Waals surface area contributed by atoms with Crippen molar-refractivity contribution in [3.63, 3.8) is 0 Å². The van der Waals surface area contributed by atoms with Gasteiger partial charge in [-0.05, 0) is 60.4 Å². The van der Waals surface area contributed by atoms with Crippen LogP contribution in [-0.2, 0) is 6.42 Å². The van der Waals surface area contributed by atoms with Gasteiger partial charge in [-0.3, -0.25) is 19.7 Å². The van der Waals surface area contributed by atoms with Crippen molar-refractivity contribution in [2.75, 3.05) is 26.2 Å². The number of rotatable bonds is 5. The number of nitro groups is 1. The summed E-state index contributed by atoms with van der Waals surface area (Å²) in [7, 11) is 0. The predicted molar refractivity (Wildman–Crippen MR) is 134 cm³/mol. The van der Waals surface area contributed by atoms with Crippen LogP contribution in [0, 0.1) is 34.7 Å². The van der Waals surface area contributed by atoms with Gasteiger partial charge in [-0.2, -0.15) is 0 Å². The standard InChI is InChI=1S/C28H26FN3O5/c1-17-9-26(33)25(32(36)37)12-24(17)28(35)31-15-21-13-30(14-22(21)16-31)27(34)20-7-5-18(6-8-20)10-19-3-2-4-23(29)11-19/h2-9,11-12,21-22,33H,10,13-16H2,1H3/t21-,22+. The minimum Gasteiger partial charge on any atom is -0.502 e. The summed E-state index contributed by atoms with van der Waals surface area (Å²) in [5.41, 5.74) is 2.62. The van der Waals surface area contributed by atoms with Crippen LogP contribution >= 0.6 is 0 Å². The molecule has 0 saturated carbocycles. The molecule has 3 aromatic rings. The minimum atomic E-state index is -0.707. The maximum Gasteiger partial charge on any atom is 0.311 e. The second-order valence-electron chi connectivity index (χ2n) is 9.86. The number of aromatic hydroxyl groups is 1. The van der Waals surface area contributed by atoms with Crippen molar-refractivity contribution in [3.05, 3.63) is 104 Å². The van der Waals surface area contributed by atoms with E-state index in [4.69, 9.17) is 0 Å². The van der Waals surface area contributed by atoms with Gasteiger partial charge in [0.05, 0.1) is 4.92 Å². The van der Waals surface area contributed by atoms with Crippen LogP contribution < -0.4 is 0 Å². The first-order valence-electron chi connectivity index (χ1n) is 12.1. The third-order valence-corrected chi connectivity index (χ3v) is 7.31. The molecule has 0 aliphatic carbocycles. The molecule has 0 radical (unpaired) electrons. The normalized spacial score (nSPS) is 18.6. The van der Waals surface area contributed by atoms with Crippen LogP contribution in [0.1, 0.15) is 37.4 Å². The summed E-state index contributed by atoms with van der Waals surface area (Å²) in [6, 6.07) is 16.2. The Morgan fingerprint density at radius 3 is 2.16 bits per heavy atom. The monoisotopic (exact) mass is 503 g/mol. The number of nitro benzene ring substituents is 1. The molecule has 2 fully saturated rings. The molecule has 9 heteroatoms. The van der Waals surface area contributed by atoms with Crippen LogP contribution in [0.3, 0.4) is 0 Å². The summed E-state index contributed by atoms with van der Waals surface area (Å²) in [5.74, 6) is -0.839. The lowest BCUT2D eigenvalue weighted by Gasteiger charge is -2.22. The number of amides is 2. The highest BCUT2D eigenvalue weighted by atomic mass is 19.1. The maximum atomic E-state index is 13.4. The topological polar surface area (TPSA) is 104 Å². The van der Waals surface area contributed by atoms with Gasteiger partial charge >= 0.3 is 5.69 Å². The van der Waals surface area contributed by atoms with Crippen molar-refractivity contribution in [1.29, 1.82) is 0 Å². The number of phenolic OH excluding ortho intramolecular Hbond substituents is 1. The lowest BCUT2D eigenvalue weighted by atomic mass is 10.0. The summed E-state index contributed by atoms with van der Waals surface area (Å²) < 4.78 is 13.4. The Labute approximate surface area is 213 Å². The Bertz CT molecular complexity index is 1380. The molecule has 2 aliphatic rings. The van der Waals surface area contributed by atoms with Crippen molar-refractivity contribution in [1.82, 2.24) is 9.80 Å². The van der Waals surface area contributed by atoms with Crippen LogP contribution in [-0.4, -0.2) is 57.8 Å². The molecule has 2 heterocycles. The Hall–Kier alpha value is -4.27. The number of carbonyl (C=O) groups is 2. The van der Waals surface area contributed by atoms with Crippen LogP contribution in [0.5, 0.6) is 5.75 Å². The van der Waals surface area contributed by atoms with E-state index in [2.05, 4.69) is 0 Å². The van der Waals surface area contributed by atoms with E-state index in [0.29, 0.717) is 43.7 Å². The van der Waals surface area contributed by atoms with Gasteiger partial charge in [-0.1, -0.05) is 24.3 Å². The van der Waals surface area contributed by atoms with Crippen molar-refractivity contribution < 1.29 is 24.0 Å². The van der Waals surface area contributed by atoms with E-state index in [0.717, 1.165) is 17.2 Å². The number of likely N-dealkylation sites (tertiary alicyclic amines) is 2. The first-order valence-corrected chi connectivity index (χ1v) is 12.1. The summed E-state index contributed by atoms with van der Waals surface area (Å²) >= 11 is 0. The molecule has 0 unspecified atom stereocenters. The average molecular weight is 504 g/mol. The van der Waals surface area contributed by atoms with E-state index < -0.39 is 16.4 Å². The zero-order valence-corrected chi connectivity index (χ0v) is 20.3. The number of hydrogen-bond acceptors (Lipinski definition) is 5. The van der Waals surface area contributed by atoms with Crippen LogP contribution in [0.15, 0.2) is 60.7 Å². The van der Waals surface area contributed by atoms with Crippen molar-refractivity contribution >= 4 is 17.5 Å². The second-order valence-corrected chi connectivity index (χ2v) is 9.86. The zero-order chi connectivity index (χ0) is 26.3. The van der Waals surface area contributed by atoms with Crippen LogP contribution in [0.4, 0.5) is 10.1 Å². The largest absolute Gasteiger partial charge is 0.502 e. The number of carbonyl (C=O) groups excluding carboxylic acids is 2. The quantitative estimate of drug-likeness (QED) is 0.416. The third-order valence-electron chi connectivity index (χ3n) is 7.31. The van der Waals surface area contributed by atoms with Crippen molar-refractivity contribution in [2.24, 2.45) is 11.8 Å². The number of fused-ring (bicyclic) bond motifs is 1. The molecular formula is C28H26FN3O5. The summed E-state index contributed by atoms with van der Waals surface area (Å²) in [4.78, 5) is 40.2. The van der Waals surface area contributed by atoms with Crippen LogP contribution in [0.25, 0.3) is 0 Å². The zero-order valence-electron chi connectivity index (χ0n) is 20.3. The number of halogens is 1. The molecule has 0 bridgehead atoms. The number of benzene rings is 3. The van der Waals surface area contributed by atoms with Gasteiger partial charge in [0.15, 0.2) is 5.75 Å². The molecular weight excluding hydrogens is 477 g/mol. The van der Waals surface area contributed by atoms with Crippen molar-refractivity contribution in [3.8, 4) is 5.75 Å². The fourth-order valence-electron chi connectivity index (χ4n) is 5.38. The van der Waals surface area contributed by atoms with Crippen LogP contribution in [0.2, 0.25) is 0 Å². The molecule has 2 aliphatic heterocycles. The van der Waals surface area contributed by atoms with Gasteiger partial charge in [0.2, 0.25) is 0 Å². The van der Waals surface area contributed by atoms with Gasteiger partial charge < -0.3 is 14.9 Å². The Kier molecular flexibility index (Phi) is 6.37. The molecule has 8 nitrogen and oxygen atoms in total.